The summed E-state index contributed by atoms with van der Waals surface area (Å²) in [4.78, 5) is 62.1. The highest BCUT2D eigenvalue weighted by atomic mass is 16.6. The van der Waals surface area contributed by atoms with E-state index in [1.54, 1.807) is 6.92 Å². The van der Waals surface area contributed by atoms with E-state index in [9.17, 15) is 29.3 Å². The van der Waals surface area contributed by atoms with Gasteiger partial charge in [0.2, 0.25) is 17.6 Å². The molecule has 4 rings (SSSR count). The zero-order chi connectivity index (χ0) is 24.6. The molecule has 1 aliphatic carbocycles. The number of esters is 1. The van der Waals surface area contributed by atoms with Crippen molar-refractivity contribution in [1.29, 1.82) is 0 Å². The third kappa shape index (κ3) is 4.33. The molecule has 2 amide bonds. The van der Waals surface area contributed by atoms with Gasteiger partial charge in [-0.15, -0.1) is 0 Å². The lowest BCUT2D eigenvalue weighted by Crippen LogP contribution is -2.30. The van der Waals surface area contributed by atoms with Crippen molar-refractivity contribution in [3.63, 3.8) is 0 Å². The van der Waals surface area contributed by atoms with Crippen LogP contribution in [0.4, 0.5) is 11.4 Å². The highest BCUT2D eigenvalue weighted by Crippen LogP contribution is 2.42. The number of benzene rings is 2. The molecule has 0 unspecified atom stereocenters. The van der Waals surface area contributed by atoms with E-state index in [-0.39, 0.29) is 40.5 Å². The number of nitrogens with zero attached hydrogens (tertiary/aromatic N) is 2. The Balaban J connectivity index is 1.40. The lowest BCUT2D eigenvalue weighted by molar-refractivity contribution is -0.385. The molecule has 0 bridgehead atoms. The molecule has 0 radical (unpaired) electrons. The Labute approximate surface area is 195 Å². The largest absolute Gasteiger partial charge is 0.454 e. The molecule has 34 heavy (non-hydrogen) atoms. The topological polar surface area (TPSA) is 124 Å². The molecular weight excluding hydrogens is 440 g/mol. The summed E-state index contributed by atoms with van der Waals surface area (Å²) < 4.78 is 5.07. The van der Waals surface area contributed by atoms with Crippen molar-refractivity contribution >= 4 is 34.9 Å². The summed E-state index contributed by atoms with van der Waals surface area (Å²) in [6.07, 6.45) is 2.33. The van der Waals surface area contributed by atoms with Crippen molar-refractivity contribution in [2.75, 3.05) is 11.5 Å². The van der Waals surface area contributed by atoms with Crippen LogP contribution in [-0.4, -0.2) is 35.1 Å². The van der Waals surface area contributed by atoms with Crippen LogP contribution in [0.25, 0.3) is 0 Å². The van der Waals surface area contributed by atoms with Crippen LogP contribution in [0.1, 0.15) is 52.5 Å². The summed E-state index contributed by atoms with van der Waals surface area (Å²) in [6.45, 7) is 3.07. The van der Waals surface area contributed by atoms with Crippen molar-refractivity contribution in [2.45, 2.75) is 33.1 Å². The Bertz CT molecular complexity index is 1190. The standard InChI is InChI=1S/C25H24N2O7/c1-14-3-10-19-20(11-14)24(30)26(23(19)29)18-8-6-16(7-9-18)25(31)34-13-22(28)17-5-4-15(2)21(12-17)27(32)33/h4-9,12,14,19-20H,3,10-11,13H2,1-2H3/t14-,19-,20+/m1/s1. The van der Waals surface area contributed by atoms with Gasteiger partial charge in [0, 0.05) is 17.2 Å². The fourth-order valence-corrected chi connectivity index (χ4v) is 4.67. The molecule has 1 aliphatic heterocycles. The predicted molar refractivity (Wildman–Crippen MR) is 121 cm³/mol. The van der Waals surface area contributed by atoms with E-state index in [2.05, 4.69) is 6.92 Å². The molecule has 2 fully saturated rings. The monoisotopic (exact) mass is 464 g/mol. The maximum absolute atomic E-state index is 12.8. The molecule has 1 saturated heterocycles. The molecule has 1 heterocycles. The summed E-state index contributed by atoms with van der Waals surface area (Å²) in [5.41, 5.74) is 0.853. The van der Waals surface area contributed by atoms with E-state index in [1.165, 1.54) is 41.3 Å². The maximum atomic E-state index is 12.8. The van der Waals surface area contributed by atoms with E-state index < -0.39 is 23.3 Å². The Hall–Kier alpha value is -3.88. The van der Waals surface area contributed by atoms with E-state index in [1.807, 2.05) is 0 Å². The minimum atomic E-state index is -0.761. The van der Waals surface area contributed by atoms with E-state index in [4.69, 9.17) is 4.74 Å². The van der Waals surface area contributed by atoms with Crippen molar-refractivity contribution in [3.8, 4) is 0 Å². The Kier molecular flexibility index (Phi) is 6.28. The summed E-state index contributed by atoms with van der Waals surface area (Å²) in [5, 5.41) is 11.1. The first-order valence-electron chi connectivity index (χ1n) is 11.1. The van der Waals surface area contributed by atoms with E-state index in [0.29, 0.717) is 30.0 Å². The Morgan fingerprint density at radius 3 is 2.35 bits per heavy atom. The number of carbonyl (C=O) groups excluding carboxylic acids is 4. The van der Waals surface area contributed by atoms with Crippen LogP contribution in [0.2, 0.25) is 0 Å². The Morgan fingerprint density at radius 1 is 1.03 bits per heavy atom. The first kappa shape index (κ1) is 23.3. The van der Waals surface area contributed by atoms with Crippen molar-refractivity contribution < 1.29 is 28.8 Å². The SMILES string of the molecule is Cc1ccc(C(=O)COC(=O)c2ccc(N3C(=O)[C@H]4C[C@H](C)CC[C@H]4C3=O)cc2)cc1[N+](=O)[O-]. The molecule has 0 N–H and O–H groups in total. The quantitative estimate of drug-likeness (QED) is 0.209. The normalized spacial score (nSPS) is 21.8. The first-order valence-corrected chi connectivity index (χ1v) is 11.1. The van der Waals surface area contributed by atoms with Gasteiger partial charge in [-0.2, -0.15) is 0 Å². The van der Waals surface area contributed by atoms with Crippen molar-refractivity contribution in [2.24, 2.45) is 17.8 Å². The highest BCUT2D eigenvalue weighted by Gasteiger charge is 2.49. The number of rotatable bonds is 6. The highest BCUT2D eigenvalue weighted by molar-refractivity contribution is 6.22. The Morgan fingerprint density at radius 2 is 1.68 bits per heavy atom. The van der Waals surface area contributed by atoms with Gasteiger partial charge >= 0.3 is 5.97 Å². The number of fused-ring (bicyclic) bond motifs is 1. The van der Waals surface area contributed by atoms with Gasteiger partial charge in [-0.05, 0) is 56.4 Å². The van der Waals surface area contributed by atoms with E-state index >= 15 is 0 Å². The van der Waals surface area contributed by atoms with Gasteiger partial charge in [-0.1, -0.05) is 19.1 Å². The number of nitro benzene ring substituents is 1. The lowest BCUT2D eigenvalue weighted by Gasteiger charge is -2.25. The number of hydrogen-bond donors (Lipinski definition) is 0. The molecule has 2 aromatic rings. The van der Waals surface area contributed by atoms with Crippen LogP contribution in [-0.2, 0) is 14.3 Å². The van der Waals surface area contributed by atoms with Crippen molar-refractivity contribution in [3.05, 3.63) is 69.3 Å². The number of amides is 2. The van der Waals surface area contributed by atoms with Gasteiger partial charge in [0.1, 0.15) is 0 Å². The number of ether oxygens (including phenoxy) is 1. The first-order chi connectivity index (χ1) is 16.2. The van der Waals surface area contributed by atoms with Gasteiger partial charge in [0.15, 0.2) is 6.61 Å². The number of carbonyl (C=O) groups is 4. The summed E-state index contributed by atoms with van der Waals surface area (Å²) in [5.74, 6) is -1.89. The predicted octanol–water partition coefficient (Wildman–Crippen LogP) is 3.87. The lowest BCUT2D eigenvalue weighted by atomic mass is 9.76. The van der Waals surface area contributed by atoms with Crippen LogP contribution in [0, 0.1) is 34.8 Å². The summed E-state index contributed by atoms with van der Waals surface area (Å²) in [6, 6.07) is 9.95. The number of anilines is 1. The van der Waals surface area contributed by atoms with Gasteiger partial charge in [0.05, 0.1) is 28.0 Å². The second-order valence-electron chi connectivity index (χ2n) is 8.95. The molecule has 0 aromatic heterocycles. The molecule has 9 nitrogen and oxygen atoms in total. The van der Waals surface area contributed by atoms with E-state index in [0.717, 1.165) is 12.5 Å². The third-order valence-electron chi connectivity index (χ3n) is 6.61. The fraction of sp³-hybridized carbons (Fsp3) is 0.360. The molecule has 1 saturated carbocycles. The smallest absolute Gasteiger partial charge is 0.338 e. The zero-order valence-electron chi connectivity index (χ0n) is 18.9. The minimum Gasteiger partial charge on any atom is -0.454 e. The van der Waals surface area contributed by atoms with Gasteiger partial charge < -0.3 is 4.74 Å². The third-order valence-corrected chi connectivity index (χ3v) is 6.61. The molecule has 9 heteroatoms. The molecule has 176 valence electrons. The average Bonchev–Trinajstić information content (AvgIpc) is 3.06. The minimum absolute atomic E-state index is 0.0716. The number of ketones is 1. The average molecular weight is 464 g/mol. The number of Topliss-reactive ketones (excluding diaryl/α,β-unsaturated/α-hetero) is 1. The van der Waals surface area contributed by atoms with Crippen LogP contribution >= 0.6 is 0 Å². The maximum Gasteiger partial charge on any atom is 0.338 e. The van der Waals surface area contributed by atoms with Crippen molar-refractivity contribution in [1.82, 2.24) is 0 Å². The fourth-order valence-electron chi connectivity index (χ4n) is 4.67. The van der Waals surface area contributed by atoms with Gasteiger partial charge in [0.25, 0.3) is 5.69 Å². The molecular formula is C25H24N2O7. The summed E-state index contributed by atoms with van der Waals surface area (Å²) in [7, 11) is 0. The second kappa shape index (κ2) is 9.17. The second-order valence-corrected chi connectivity index (χ2v) is 8.95. The summed E-state index contributed by atoms with van der Waals surface area (Å²) >= 11 is 0. The van der Waals surface area contributed by atoms with Crippen LogP contribution < -0.4 is 4.90 Å². The van der Waals surface area contributed by atoms with Crippen LogP contribution in [0.3, 0.4) is 0 Å². The number of aryl methyl sites for hydroxylation is 1. The number of imide groups is 1. The molecule has 2 aliphatic rings. The zero-order valence-corrected chi connectivity index (χ0v) is 18.9. The number of hydrogen-bond acceptors (Lipinski definition) is 7. The molecule has 0 spiro atoms. The van der Waals surface area contributed by atoms with Gasteiger partial charge in [-0.3, -0.25) is 29.4 Å². The molecule has 3 atom stereocenters. The van der Waals surface area contributed by atoms with Crippen LogP contribution in [0.5, 0.6) is 0 Å². The van der Waals surface area contributed by atoms with Gasteiger partial charge in [-0.25, -0.2) is 4.79 Å². The molecule has 2 aromatic carbocycles. The number of nitro groups is 1. The van der Waals surface area contributed by atoms with Crippen LogP contribution in [0.15, 0.2) is 42.5 Å².